The highest BCUT2D eigenvalue weighted by molar-refractivity contribution is 5.93. The zero-order valence-electron chi connectivity index (χ0n) is 17.2. The lowest BCUT2D eigenvalue weighted by Gasteiger charge is -2.51. The number of carbonyl (C=O) groups excluding carboxylic acids is 1. The second-order valence-corrected chi connectivity index (χ2v) is 9.25. The van der Waals surface area contributed by atoms with Crippen molar-refractivity contribution in [1.82, 2.24) is 4.90 Å². The normalized spacial score (nSPS) is 48.1. The molecule has 6 nitrogen and oxygen atoms in total. The van der Waals surface area contributed by atoms with E-state index in [1.165, 1.54) is 12.8 Å². The first-order valence-corrected chi connectivity index (χ1v) is 10.7. The number of cyclic esters (lactones) is 1. The largest absolute Gasteiger partial charge is 0.492 e. The maximum absolute atomic E-state index is 11.9. The maximum atomic E-state index is 11.9. The van der Waals surface area contributed by atoms with E-state index in [-0.39, 0.29) is 35.4 Å². The summed E-state index contributed by atoms with van der Waals surface area (Å²) in [5, 5.41) is 11.8. The van der Waals surface area contributed by atoms with Gasteiger partial charge in [0, 0.05) is 17.9 Å². The summed E-state index contributed by atoms with van der Waals surface area (Å²) >= 11 is 0. The third-order valence-corrected chi connectivity index (χ3v) is 8.12. The van der Waals surface area contributed by atoms with Gasteiger partial charge in [0.05, 0.1) is 24.3 Å². The summed E-state index contributed by atoms with van der Waals surface area (Å²) in [6.45, 7) is 7.09. The van der Waals surface area contributed by atoms with Gasteiger partial charge in [-0.1, -0.05) is 26.7 Å². The van der Waals surface area contributed by atoms with Crippen LogP contribution in [0.5, 0.6) is 0 Å². The van der Waals surface area contributed by atoms with E-state index < -0.39 is 5.79 Å². The third kappa shape index (κ3) is 2.06. The average molecular weight is 389 g/mol. The summed E-state index contributed by atoms with van der Waals surface area (Å²) < 4.78 is 17.2. The second kappa shape index (κ2) is 6.07. The molecule has 28 heavy (non-hydrogen) atoms. The highest BCUT2D eigenvalue weighted by atomic mass is 16.6. The molecular weight excluding hydrogens is 358 g/mol. The van der Waals surface area contributed by atoms with Gasteiger partial charge in [-0.25, -0.2) is 4.79 Å². The van der Waals surface area contributed by atoms with Crippen molar-refractivity contribution in [3.05, 3.63) is 23.2 Å². The number of hydrogen-bond donors (Lipinski definition) is 1. The number of allylic oxidation sites excluding steroid dienone is 1. The lowest BCUT2D eigenvalue weighted by atomic mass is 9.68. The van der Waals surface area contributed by atoms with Crippen LogP contribution < -0.4 is 0 Å². The molecule has 5 heterocycles. The molecule has 0 aromatic carbocycles. The summed E-state index contributed by atoms with van der Waals surface area (Å²) in [6, 6.07) is 0.319. The van der Waals surface area contributed by atoms with Gasteiger partial charge < -0.3 is 19.3 Å². The van der Waals surface area contributed by atoms with Crippen molar-refractivity contribution in [3.63, 3.8) is 0 Å². The summed E-state index contributed by atoms with van der Waals surface area (Å²) in [5.74, 6) is -0.329. The molecule has 5 rings (SSSR count). The van der Waals surface area contributed by atoms with Crippen LogP contribution in [0.2, 0.25) is 0 Å². The molecular formula is C22H31NO5. The minimum Gasteiger partial charge on any atom is -0.492 e. The van der Waals surface area contributed by atoms with Gasteiger partial charge in [0.1, 0.15) is 0 Å². The van der Waals surface area contributed by atoms with Crippen LogP contribution >= 0.6 is 0 Å². The van der Waals surface area contributed by atoms with E-state index in [1.807, 2.05) is 6.08 Å². The van der Waals surface area contributed by atoms with E-state index in [4.69, 9.17) is 14.2 Å². The number of rotatable bonds is 6. The van der Waals surface area contributed by atoms with Gasteiger partial charge in [-0.15, -0.1) is 0 Å². The van der Waals surface area contributed by atoms with Crippen LogP contribution in [0.25, 0.3) is 0 Å². The smallest absolute Gasteiger partial charge is 0.343 e. The topological polar surface area (TPSA) is 68.2 Å². The predicted molar refractivity (Wildman–Crippen MR) is 102 cm³/mol. The summed E-state index contributed by atoms with van der Waals surface area (Å²) in [5.41, 5.74) is 0.527. The molecule has 2 unspecified atom stereocenters. The molecule has 6 heteroatoms. The van der Waals surface area contributed by atoms with Crippen LogP contribution in [-0.2, 0) is 19.0 Å². The molecule has 0 aromatic heterocycles. The van der Waals surface area contributed by atoms with Gasteiger partial charge in [-0.3, -0.25) is 4.90 Å². The van der Waals surface area contributed by atoms with E-state index in [0.29, 0.717) is 23.1 Å². The Bertz CT molecular complexity index is 775. The van der Waals surface area contributed by atoms with Gasteiger partial charge in [-0.2, -0.15) is 0 Å². The van der Waals surface area contributed by atoms with Crippen molar-refractivity contribution >= 4 is 5.97 Å². The molecule has 0 spiro atoms. The fourth-order valence-corrected chi connectivity index (χ4v) is 7.19. The summed E-state index contributed by atoms with van der Waals surface area (Å²) in [7, 11) is 1.55. The molecule has 1 N–H and O–H groups in total. The van der Waals surface area contributed by atoms with Crippen LogP contribution in [-0.4, -0.2) is 53.1 Å². The van der Waals surface area contributed by atoms with Crippen molar-refractivity contribution in [2.24, 2.45) is 17.8 Å². The quantitative estimate of drug-likeness (QED) is 0.705. The highest BCUT2D eigenvalue weighted by Gasteiger charge is 2.80. The summed E-state index contributed by atoms with van der Waals surface area (Å²) in [4.78, 5) is 14.6. The Morgan fingerprint density at radius 3 is 2.96 bits per heavy atom. The van der Waals surface area contributed by atoms with Gasteiger partial charge in [0.15, 0.2) is 17.3 Å². The molecule has 154 valence electrons. The van der Waals surface area contributed by atoms with Gasteiger partial charge >= 0.3 is 5.97 Å². The van der Waals surface area contributed by atoms with E-state index >= 15 is 0 Å². The Morgan fingerprint density at radius 1 is 1.46 bits per heavy atom. The molecule has 0 saturated carbocycles. The Morgan fingerprint density at radius 2 is 2.25 bits per heavy atom. The van der Waals surface area contributed by atoms with Crippen LogP contribution in [0.3, 0.4) is 0 Å². The first-order valence-electron chi connectivity index (χ1n) is 10.7. The molecule has 0 amide bonds. The Balaban J connectivity index is 1.48. The van der Waals surface area contributed by atoms with Crippen LogP contribution in [0.15, 0.2) is 23.2 Å². The standard InChI is InChI=1S/C22H31NO5/c1-5-6-8-21-16-7-9-23(21)14-11-17(21)28-22(16,25)18(14)12(2)10-15-19(26-4)13(3)20(24)27-15/h10,12,14,16-18,25H,5-9,11H2,1-4H3/b15-10+/t12-,14+,16-,17?,18-,21+,22+/m1/s1. The molecule has 0 aliphatic carbocycles. The zero-order chi connectivity index (χ0) is 19.8. The van der Waals surface area contributed by atoms with E-state index in [9.17, 15) is 9.90 Å². The summed E-state index contributed by atoms with van der Waals surface area (Å²) in [6.07, 6.45) is 7.56. The first kappa shape index (κ1) is 18.6. The van der Waals surface area contributed by atoms with E-state index in [0.717, 1.165) is 25.8 Å². The number of carbonyl (C=O) groups is 1. The Kier molecular flexibility index (Phi) is 4.04. The van der Waals surface area contributed by atoms with Gasteiger partial charge in [0.25, 0.3) is 0 Å². The maximum Gasteiger partial charge on any atom is 0.343 e. The number of unbranched alkanes of at least 4 members (excludes halogenated alkanes) is 1. The highest BCUT2D eigenvalue weighted by Crippen LogP contribution is 2.68. The fraction of sp³-hybridized carbons (Fsp3) is 0.773. The number of esters is 1. The molecule has 5 bridgehead atoms. The SMILES string of the molecule is CCCC[C@@]12C3C[C@H]4[C@@H]([C@H](C)/C=C5/OC(=O)C(C)=C5OC)[C@@](O)(O3)[C@@H]1CCN42. The Hall–Kier alpha value is -1.37. The minimum atomic E-state index is -1.08. The van der Waals surface area contributed by atoms with Crippen molar-refractivity contribution < 1.29 is 24.1 Å². The average Bonchev–Trinajstić information content (AvgIpc) is 3.27. The minimum absolute atomic E-state index is 0.000162. The number of aliphatic hydroxyl groups is 1. The van der Waals surface area contributed by atoms with Crippen molar-refractivity contribution in [1.29, 1.82) is 0 Å². The molecule has 0 radical (unpaired) electrons. The molecule has 4 fully saturated rings. The molecule has 5 aliphatic heterocycles. The number of hydrogen-bond acceptors (Lipinski definition) is 6. The van der Waals surface area contributed by atoms with Gasteiger partial charge in [0.2, 0.25) is 0 Å². The van der Waals surface area contributed by atoms with Crippen molar-refractivity contribution in [3.8, 4) is 0 Å². The zero-order valence-corrected chi connectivity index (χ0v) is 17.2. The number of nitrogens with zero attached hydrogens (tertiary/aromatic N) is 1. The van der Waals surface area contributed by atoms with Crippen LogP contribution in [0, 0.1) is 17.8 Å². The molecule has 0 aromatic rings. The van der Waals surface area contributed by atoms with Crippen molar-refractivity contribution in [2.75, 3.05) is 13.7 Å². The van der Waals surface area contributed by atoms with Gasteiger partial charge in [-0.05, 0) is 44.7 Å². The van der Waals surface area contributed by atoms with E-state index in [1.54, 1.807) is 14.0 Å². The van der Waals surface area contributed by atoms with E-state index in [2.05, 4.69) is 18.7 Å². The first-order chi connectivity index (χ1) is 13.4. The molecule has 5 aliphatic rings. The van der Waals surface area contributed by atoms with Crippen LogP contribution in [0.1, 0.15) is 52.9 Å². The number of ether oxygens (including phenoxy) is 3. The number of methoxy groups -OCH3 is 1. The third-order valence-electron chi connectivity index (χ3n) is 8.12. The lowest BCUT2D eigenvalue weighted by Crippen LogP contribution is -2.63. The van der Waals surface area contributed by atoms with Crippen molar-refractivity contribution in [2.45, 2.75) is 76.3 Å². The lowest BCUT2D eigenvalue weighted by molar-refractivity contribution is -0.280. The second-order valence-electron chi connectivity index (χ2n) is 9.25. The predicted octanol–water partition coefficient (Wildman–Crippen LogP) is 2.72. The van der Waals surface area contributed by atoms with Crippen LogP contribution in [0.4, 0.5) is 0 Å². The molecule has 8 atom stereocenters. The molecule has 4 saturated heterocycles. The monoisotopic (exact) mass is 389 g/mol. The Labute approximate surface area is 166 Å². The fourth-order valence-electron chi connectivity index (χ4n) is 7.19. The number of piperidine rings is 1.